The Balaban J connectivity index is 2.01. The Morgan fingerprint density at radius 2 is 2.53 bits per heavy atom. The number of amides is 1. The van der Waals surface area contributed by atoms with Crippen LogP contribution in [-0.2, 0) is 4.79 Å². The van der Waals surface area contributed by atoms with Gasteiger partial charge in [-0.1, -0.05) is 13.0 Å². The standard InChI is InChI=1S/C13H20N2OS/c1-3-13(7-5-8-14-13)12(16)15-10(2)11-6-4-9-17-11/h4,6,9-10,14H,3,5,7-8H2,1-2H3,(H,15,16)/t10-,13?/m0/s1. The van der Waals surface area contributed by atoms with Crippen LogP contribution >= 0.6 is 11.3 Å². The lowest BCUT2D eigenvalue weighted by molar-refractivity contribution is -0.127. The van der Waals surface area contributed by atoms with Gasteiger partial charge in [0.1, 0.15) is 0 Å². The summed E-state index contributed by atoms with van der Waals surface area (Å²) in [6.45, 7) is 5.07. The van der Waals surface area contributed by atoms with Crippen molar-refractivity contribution >= 4 is 17.2 Å². The van der Waals surface area contributed by atoms with Crippen LogP contribution in [0.25, 0.3) is 0 Å². The van der Waals surface area contributed by atoms with Crippen LogP contribution in [0.3, 0.4) is 0 Å². The molecule has 1 aliphatic heterocycles. The minimum absolute atomic E-state index is 0.105. The SMILES string of the molecule is CCC1(C(=O)N[C@@H](C)c2cccs2)CCCN1. The molecule has 0 radical (unpaired) electrons. The Morgan fingerprint density at radius 3 is 3.06 bits per heavy atom. The minimum atomic E-state index is -0.328. The van der Waals surface area contributed by atoms with Crippen molar-refractivity contribution in [3.05, 3.63) is 22.4 Å². The van der Waals surface area contributed by atoms with Crippen LogP contribution in [0.4, 0.5) is 0 Å². The summed E-state index contributed by atoms with van der Waals surface area (Å²) in [5.74, 6) is 0.151. The molecule has 1 saturated heterocycles. The van der Waals surface area contributed by atoms with Crippen LogP contribution in [0.2, 0.25) is 0 Å². The number of rotatable bonds is 4. The molecule has 1 aliphatic rings. The van der Waals surface area contributed by atoms with Crippen molar-refractivity contribution in [2.75, 3.05) is 6.54 Å². The first-order valence-corrected chi connectivity index (χ1v) is 7.15. The predicted molar refractivity (Wildman–Crippen MR) is 71.1 cm³/mol. The Hall–Kier alpha value is -0.870. The highest BCUT2D eigenvalue weighted by atomic mass is 32.1. The summed E-state index contributed by atoms with van der Waals surface area (Å²) in [5, 5.41) is 8.53. The highest BCUT2D eigenvalue weighted by Crippen LogP contribution is 2.25. The van der Waals surface area contributed by atoms with E-state index < -0.39 is 0 Å². The molecule has 0 bridgehead atoms. The Kier molecular flexibility index (Phi) is 3.84. The number of hydrogen-bond donors (Lipinski definition) is 2. The van der Waals surface area contributed by atoms with Crippen LogP contribution in [0.15, 0.2) is 17.5 Å². The summed E-state index contributed by atoms with van der Waals surface area (Å²) in [6.07, 6.45) is 2.90. The molecule has 1 fully saturated rings. The second-order valence-corrected chi connectivity index (χ2v) is 5.66. The molecule has 4 heteroatoms. The second kappa shape index (κ2) is 5.19. The second-order valence-electron chi connectivity index (χ2n) is 4.68. The first-order chi connectivity index (χ1) is 8.18. The molecule has 94 valence electrons. The van der Waals surface area contributed by atoms with Gasteiger partial charge in [-0.05, 0) is 44.2 Å². The predicted octanol–water partition coefficient (Wildman–Crippen LogP) is 2.46. The van der Waals surface area contributed by atoms with E-state index in [1.807, 2.05) is 18.4 Å². The van der Waals surface area contributed by atoms with E-state index in [-0.39, 0.29) is 17.5 Å². The molecule has 0 spiro atoms. The van der Waals surface area contributed by atoms with Gasteiger partial charge in [0.25, 0.3) is 0 Å². The largest absolute Gasteiger partial charge is 0.347 e. The molecule has 0 aliphatic carbocycles. The fourth-order valence-electron chi connectivity index (χ4n) is 2.41. The van der Waals surface area contributed by atoms with E-state index in [0.29, 0.717) is 0 Å². The molecule has 2 N–H and O–H groups in total. The lowest BCUT2D eigenvalue weighted by Gasteiger charge is -2.28. The molecule has 1 unspecified atom stereocenters. The van der Waals surface area contributed by atoms with Crippen molar-refractivity contribution in [2.24, 2.45) is 0 Å². The normalized spacial score (nSPS) is 25.8. The molecule has 2 rings (SSSR count). The summed E-state index contributed by atoms with van der Waals surface area (Å²) in [5.41, 5.74) is -0.328. The lowest BCUT2D eigenvalue weighted by Crippen LogP contribution is -2.53. The summed E-state index contributed by atoms with van der Waals surface area (Å²) >= 11 is 1.69. The van der Waals surface area contributed by atoms with Crippen LogP contribution in [0.5, 0.6) is 0 Å². The summed E-state index contributed by atoms with van der Waals surface area (Å²) in [6, 6.07) is 4.19. The zero-order valence-electron chi connectivity index (χ0n) is 10.5. The van der Waals surface area contributed by atoms with Crippen molar-refractivity contribution in [3.63, 3.8) is 0 Å². The van der Waals surface area contributed by atoms with Crippen LogP contribution in [-0.4, -0.2) is 18.0 Å². The van der Waals surface area contributed by atoms with Gasteiger partial charge >= 0.3 is 0 Å². The third-order valence-corrected chi connectivity index (χ3v) is 4.65. The minimum Gasteiger partial charge on any atom is -0.347 e. The van der Waals surface area contributed by atoms with Crippen molar-refractivity contribution in [1.29, 1.82) is 0 Å². The zero-order chi connectivity index (χ0) is 12.3. The average molecular weight is 252 g/mol. The van der Waals surface area contributed by atoms with E-state index in [2.05, 4.69) is 23.6 Å². The molecular weight excluding hydrogens is 232 g/mol. The van der Waals surface area contributed by atoms with E-state index in [1.54, 1.807) is 11.3 Å². The molecule has 1 amide bonds. The molecule has 1 aromatic rings. The van der Waals surface area contributed by atoms with E-state index in [4.69, 9.17) is 0 Å². The van der Waals surface area contributed by atoms with Gasteiger partial charge < -0.3 is 10.6 Å². The number of hydrogen-bond acceptors (Lipinski definition) is 3. The van der Waals surface area contributed by atoms with Gasteiger partial charge in [-0.15, -0.1) is 11.3 Å². The quantitative estimate of drug-likeness (QED) is 0.864. The Morgan fingerprint density at radius 1 is 1.71 bits per heavy atom. The maximum Gasteiger partial charge on any atom is 0.240 e. The van der Waals surface area contributed by atoms with Gasteiger partial charge in [0, 0.05) is 4.88 Å². The van der Waals surface area contributed by atoms with Gasteiger partial charge in [0.05, 0.1) is 11.6 Å². The molecule has 2 atom stereocenters. The van der Waals surface area contributed by atoms with E-state index in [9.17, 15) is 4.79 Å². The van der Waals surface area contributed by atoms with Crippen LogP contribution < -0.4 is 10.6 Å². The highest BCUT2D eigenvalue weighted by molar-refractivity contribution is 7.10. The summed E-state index contributed by atoms with van der Waals surface area (Å²) in [4.78, 5) is 13.5. The van der Waals surface area contributed by atoms with Gasteiger partial charge in [-0.3, -0.25) is 4.79 Å². The summed E-state index contributed by atoms with van der Waals surface area (Å²) in [7, 11) is 0. The monoisotopic (exact) mass is 252 g/mol. The lowest BCUT2D eigenvalue weighted by atomic mass is 9.93. The number of thiophene rings is 1. The fourth-order valence-corrected chi connectivity index (χ4v) is 3.14. The van der Waals surface area contributed by atoms with Gasteiger partial charge in [0.2, 0.25) is 5.91 Å². The molecule has 0 aromatic carbocycles. The molecule has 3 nitrogen and oxygen atoms in total. The average Bonchev–Trinajstić information content (AvgIpc) is 3.01. The third-order valence-electron chi connectivity index (χ3n) is 3.60. The first kappa shape index (κ1) is 12.6. The summed E-state index contributed by atoms with van der Waals surface area (Å²) < 4.78 is 0. The molecule has 17 heavy (non-hydrogen) atoms. The van der Waals surface area contributed by atoms with Crippen molar-refractivity contribution < 1.29 is 4.79 Å². The Bertz CT molecular complexity index is 369. The maximum atomic E-state index is 12.3. The van der Waals surface area contributed by atoms with Gasteiger partial charge in [0.15, 0.2) is 0 Å². The first-order valence-electron chi connectivity index (χ1n) is 6.27. The van der Waals surface area contributed by atoms with Crippen molar-refractivity contribution in [3.8, 4) is 0 Å². The number of nitrogens with one attached hydrogen (secondary N) is 2. The molecule has 1 aromatic heterocycles. The molecule has 0 saturated carbocycles. The zero-order valence-corrected chi connectivity index (χ0v) is 11.3. The third kappa shape index (κ3) is 2.53. The van der Waals surface area contributed by atoms with Crippen molar-refractivity contribution in [2.45, 2.75) is 44.7 Å². The molecular formula is C13H20N2OS. The smallest absolute Gasteiger partial charge is 0.240 e. The van der Waals surface area contributed by atoms with Crippen molar-refractivity contribution in [1.82, 2.24) is 10.6 Å². The van der Waals surface area contributed by atoms with E-state index >= 15 is 0 Å². The van der Waals surface area contributed by atoms with Gasteiger partial charge in [-0.2, -0.15) is 0 Å². The van der Waals surface area contributed by atoms with E-state index in [0.717, 1.165) is 25.8 Å². The fraction of sp³-hybridized carbons (Fsp3) is 0.615. The number of carbonyl (C=O) groups excluding carboxylic acids is 1. The number of carbonyl (C=O) groups is 1. The van der Waals surface area contributed by atoms with Crippen LogP contribution in [0, 0.1) is 0 Å². The maximum absolute atomic E-state index is 12.3. The van der Waals surface area contributed by atoms with Gasteiger partial charge in [-0.25, -0.2) is 0 Å². The highest BCUT2D eigenvalue weighted by Gasteiger charge is 2.39. The topological polar surface area (TPSA) is 41.1 Å². The Labute approximate surface area is 107 Å². The molecule has 2 heterocycles. The van der Waals surface area contributed by atoms with E-state index in [1.165, 1.54) is 4.88 Å². The van der Waals surface area contributed by atoms with Crippen LogP contribution in [0.1, 0.15) is 44.0 Å².